The minimum atomic E-state index is -4.11. The number of hydrogen-bond acceptors (Lipinski definition) is 4. The van der Waals surface area contributed by atoms with Gasteiger partial charge in [0.1, 0.15) is 18.1 Å². The van der Waals surface area contributed by atoms with E-state index in [1.54, 1.807) is 12.1 Å². The molecule has 0 bridgehead atoms. The van der Waals surface area contributed by atoms with Crippen LogP contribution < -0.4 is 5.32 Å². The van der Waals surface area contributed by atoms with Gasteiger partial charge < -0.3 is 14.8 Å². The highest BCUT2D eigenvalue weighted by Crippen LogP contribution is 2.22. The zero-order valence-electron chi connectivity index (χ0n) is 11.1. The zero-order chi connectivity index (χ0) is 14.6. The van der Waals surface area contributed by atoms with E-state index in [4.69, 9.17) is 9.52 Å². The normalized spacial score (nSPS) is 20.7. The fourth-order valence-electron chi connectivity index (χ4n) is 2.48. The van der Waals surface area contributed by atoms with E-state index in [1.807, 2.05) is 0 Å². The van der Waals surface area contributed by atoms with E-state index in [9.17, 15) is 13.2 Å². The van der Waals surface area contributed by atoms with Gasteiger partial charge in [0.05, 0.1) is 13.1 Å². The van der Waals surface area contributed by atoms with Gasteiger partial charge in [-0.3, -0.25) is 4.90 Å². The van der Waals surface area contributed by atoms with Crippen molar-refractivity contribution in [1.29, 1.82) is 0 Å². The summed E-state index contributed by atoms with van der Waals surface area (Å²) in [6, 6.07) is 3.49. The summed E-state index contributed by atoms with van der Waals surface area (Å²) < 4.78 is 42.1. The number of furan rings is 1. The van der Waals surface area contributed by atoms with Crippen molar-refractivity contribution in [2.24, 2.45) is 5.92 Å². The molecule has 114 valence electrons. The first-order valence-electron chi connectivity index (χ1n) is 6.64. The van der Waals surface area contributed by atoms with E-state index in [1.165, 1.54) is 4.90 Å². The highest BCUT2D eigenvalue weighted by Gasteiger charge is 2.34. The smallest absolute Gasteiger partial charge is 0.401 e. The topological polar surface area (TPSA) is 48.6 Å². The summed E-state index contributed by atoms with van der Waals surface area (Å²) in [4.78, 5) is 1.45. The second-order valence-electron chi connectivity index (χ2n) is 5.16. The highest BCUT2D eigenvalue weighted by molar-refractivity contribution is 5.06. The Hall–Kier alpha value is -1.05. The van der Waals surface area contributed by atoms with Crippen LogP contribution in [0.1, 0.15) is 17.9 Å². The van der Waals surface area contributed by atoms with E-state index >= 15 is 0 Å². The summed E-state index contributed by atoms with van der Waals surface area (Å²) >= 11 is 0. The van der Waals surface area contributed by atoms with Gasteiger partial charge in [0.15, 0.2) is 0 Å². The Kier molecular flexibility index (Phi) is 5.06. The molecule has 1 saturated heterocycles. The molecule has 0 aliphatic carbocycles. The van der Waals surface area contributed by atoms with Gasteiger partial charge in [-0.2, -0.15) is 13.2 Å². The molecule has 20 heavy (non-hydrogen) atoms. The number of likely N-dealkylation sites (tertiary alicyclic amines) is 1. The summed E-state index contributed by atoms with van der Waals surface area (Å²) in [6.45, 7) is 1.23. The average Bonchev–Trinajstić information content (AvgIpc) is 2.97. The molecule has 1 aliphatic heterocycles. The van der Waals surface area contributed by atoms with Gasteiger partial charge in [0.2, 0.25) is 0 Å². The Morgan fingerprint density at radius 2 is 2.10 bits per heavy atom. The molecular formula is C13H19F3N2O2. The van der Waals surface area contributed by atoms with Crippen LogP contribution in [0.2, 0.25) is 0 Å². The Bertz CT molecular complexity index is 420. The van der Waals surface area contributed by atoms with Gasteiger partial charge in [-0.1, -0.05) is 0 Å². The average molecular weight is 292 g/mol. The molecule has 1 fully saturated rings. The van der Waals surface area contributed by atoms with Gasteiger partial charge in [-0.25, -0.2) is 0 Å². The molecule has 4 nitrogen and oxygen atoms in total. The van der Waals surface area contributed by atoms with Crippen molar-refractivity contribution in [3.8, 4) is 0 Å². The van der Waals surface area contributed by atoms with Crippen molar-refractivity contribution < 1.29 is 22.7 Å². The van der Waals surface area contributed by atoms with Crippen LogP contribution in [-0.2, 0) is 13.2 Å². The third-order valence-corrected chi connectivity index (χ3v) is 3.38. The number of hydrogen-bond donors (Lipinski definition) is 2. The summed E-state index contributed by atoms with van der Waals surface area (Å²) in [5.74, 6) is 1.47. The maximum Gasteiger partial charge on any atom is 0.401 e. The van der Waals surface area contributed by atoms with Crippen LogP contribution in [0.25, 0.3) is 0 Å². The van der Waals surface area contributed by atoms with E-state index < -0.39 is 12.7 Å². The third kappa shape index (κ3) is 4.81. The Balaban J connectivity index is 1.65. The number of nitrogens with zero attached hydrogens (tertiary/aromatic N) is 1. The van der Waals surface area contributed by atoms with Crippen LogP contribution in [0, 0.1) is 5.92 Å². The SMILES string of the molecule is OCc1ccc(CNCC2CCN(CC(F)(F)F)C2)o1. The van der Waals surface area contributed by atoms with Crippen molar-refractivity contribution in [3.63, 3.8) is 0 Å². The molecule has 7 heteroatoms. The lowest BCUT2D eigenvalue weighted by Gasteiger charge is -2.17. The molecule has 2 rings (SSSR count). The van der Waals surface area contributed by atoms with Crippen molar-refractivity contribution in [2.45, 2.75) is 25.7 Å². The summed E-state index contributed by atoms with van der Waals surface area (Å²) in [5, 5.41) is 12.0. The molecule has 1 aromatic heterocycles. The van der Waals surface area contributed by atoms with Gasteiger partial charge in [0, 0.05) is 6.54 Å². The highest BCUT2D eigenvalue weighted by atomic mass is 19.4. The molecule has 0 spiro atoms. The van der Waals surface area contributed by atoms with E-state index in [0.717, 1.165) is 12.2 Å². The standard InChI is InChI=1S/C13H19F3N2O2/c14-13(15,16)9-18-4-3-10(7-18)5-17-6-11-1-2-12(8-19)20-11/h1-2,10,17,19H,3-9H2. The first-order valence-corrected chi connectivity index (χ1v) is 6.64. The predicted molar refractivity (Wildman–Crippen MR) is 66.9 cm³/mol. The number of aliphatic hydroxyl groups is 1. The molecule has 0 radical (unpaired) electrons. The maximum atomic E-state index is 12.3. The number of nitrogens with one attached hydrogen (secondary N) is 1. The van der Waals surface area contributed by atoms with Crippen LogP contribution in [0.15, 0.2) is 16.5 Å². The molecule has 0 saturated carbocycles. The summed E-state index contributed by atoms with van der Waals surface area (Å²) in [7, 11) is 0. The van der Waals surface area contributed by atoms with Crippen molar-refractivity contribution >= 4 is 0 Å². The molecule has 0 amide bonds. The molecule has 0 aromatic carbocycles. The summed E-state index contributed by atoms with van der Waals surface area (Å²) in [5.41, 5.74) is 0. The van der Waals surface area contributed by atoms with Gasteiger partial charge >= 0.3 is 6.18 Å². The van der Waals surface area contributed by atoms with Gasteiger partial charge in [0.25, 0.3) is 0 Å². The number of aliphatic hydroxyl groups excluding tert-OH is 1. The Morgan fingerprint density at radius 1 is 1.35 bits per heavy atom. The fraction of sp³-hybridized carbons (Fsp3) is 0.692. The largest absolute Gasteiger partial charge is 0.462 e. The lowest BCUT2D eigenvalue weighted by Crippen LogP contribution is -2.33. The molecule has 1 atom stereocenters. The Morgan fingerprint density at radius 3 is 2.75 bits per heavy atom. The third-order valence-electron chi connectivity index (χ3n) is 3.38. The Labute approximate surface area is 115 Å². The van der Waals surface area contributed by atoms with Crippen molar-refractivity contribution in [1.82, 2.24) is 10.2 Å². The van der Waals surface area contributed by atoms with Crippen LogP contribution in [0.4, 0.5) is 13.2 Å². The quantitative estimate of drug-likeness (QED) is 0.838. The minimum absolute atomic E-state index is 0.130. The van der Waals surface area contributed by atoms with Crippen molar-refractivity contribution in [2.75, 3.05) is 26.2 Å². The zero-order valence-corrected chi connectivity index (χ0v) is 11.1. The molecule has 1 unspecified atom stereocenters. The van der Waals surface area contributed by atoms with Crippen molar-refractivity contribution in [3.05, 3.63) is 23.7 Å². The first-order chi connectivity index (χ1) is 9.46. The van der Waals surface area contributed by atoms with Gasteiger partial charge in [-0.15, -0.1) is 0 Å². The van der Waals surface area contributed by atoms with Crippen LogP contribution in [-0.4, -0.2) is 42.4 Å². The molecule has 2 N–H and O–H groups in total. The number of halogens is 3. The minimum Gasteiger partial charge on any atom is -0.462 e. The van der Waals surface area contributed by atoms with Crippen LogP contribution in [0.5, 0.6) is 0 Å². The number of alkyl halides is 3. The van der Waals surface area contributed by atoms with E-state index in [0.29, 0.717) is 31.9 Å². The second-order valence-corrected chi connectivity index (χ2v) is 5.16. The maximum absolute atomic E-state index is 12.3. The molecular weight excluding hydrogens is 273 g/mol. The fourth-order valence-corrected chi connectivity index (χ4v) is 2.48. The molecule has 2 heterocycles. The van der Waals surface area contributed by atoms with E-state index in [-0.39, 0.29) is 12.5 Å². The second kappa shape index (κ2) is 6.60. The lowest BCUT2D eigenvalue weighted by atomic mass is 10.1. The summed E-state index contributed by atoms with van der Waals surface area (Å²) in [6.07, 6.45) is -3.33. The predicted octanol–water partition coefficient (Wildman–Crippen LogP) is 1.75. The molecule has 1 aliphatic rings. The van der Waals surface area contributed by atoms with Gasteiger partial charge in [-0.05, 0) is 37.6 Å². The lowest BCUT2D eigenvalue weighted by molar-refractivity contribution is -0.143. The van der Waals surface area contributed by atoms with Crippen LogP contribution >= 0.6 is 0 Å². The van der Waals surface area contributed by atoms with E-state index in [2.05, 4.69) is 5.32 Å². The number of rotatable bonds is 6. The monoisotopic (exact) mass is 292 g/mol. The molecule has 1 aromatic rings. The van der Waals surface area contributed by atoms with Crippen LogP contribution in [0.3, 0.4) is 0 Å². The first kappa shape index (κ1) is 15.3.